The van der Waals surface area contributed by atoms with Gasteiger partial charge in [0.2, 0.25) is 5.91 Å². The maximum Gasteiger partial charge on any atom is 0.223 e. The molecule has 0 radical (unpaired) electrons. The second-order valence-corrected chi connectivity index (χ2v) is 7.32. The third kappa shape index (κ3) is 4.85. The molecule has 2 N–H and O–H groups in total. The Hall–Kier alpha value is -0.880. The number of nitrogens with zero attached hydrogens (tertiary/aromatic N) is 1. The molecule has 0 aliphatic carbocycles. The Morgan fingerprint density at radius 2 is 2.08 bits per heavy atom. The van der Waals surface area contributed by atoms with Crippen molar-refractivity contribution in [3.05, 3.63) is 34.6 Å². The third-order valence-electron chi connectivity index (χ3n) is 5.31. The summed E-state index contributed by atoms with van der Waals surface area (Å²) in [4.78, 5) is 14.6. The number of benzene rings is 1. The van der Waals surface area contributed by atoms with Gasteiger partial charge in [-0.1, -0.05) is 17.7 Å². The molecule has 0 bridgehead atoms. The molecule has 2 unspecified atom stereocenters. The van der Waals surface area contributed by atoms with Gasteiger partial charge < -0.3 is 10.6 Å². The topological polar surface area (TPSA) is 44.4 Å². The highest BCUT2D eigenvalue weighted by molar-refractivity contribution is 6.30. The Morgan fingerprint density at radius 3 is 2.76 bits per heavy atom. The van der Waals surface area contributed by atoms with Gasteiger partial charge in [0.1, 0.15) is 5.82 Å². The van der Waals surface area contributed by atoms with Crippen LogP contribution in [-0.2, 0) is 4.79 Å². The minimum atomic E-state index is -0.382. The molecule has 140 valence electrons. The zero-order chi connectivity index (χ0) is 17.1. The van der Waals surface area contributed by atoms with E-state index in [1.165, 1.54) is 6.07 Å². The van der Waals surface area contributed by atoms with E-state index in [0.29, 0.717) is 12.5 Å². The maximum absolute atomic E-state index is 13.8. The summed E-state index contributed by atoms with van der Waals surface area (Å²) in [6.07, 6.45) is 2.81. The standard InChI is InChI=1S/C18H25ClFN3O.ClH/c1-23-9-6-14(11-22-18(24)12-4-7-21-8-5-12)17(23)13-2-3-15(19)16(20)10-13;/h2-3,10,12,14,17,21H,4-9,11H2,1H3,(H,22,24);1H. The van der Waals surface area contributed by atoms with Crippen LogP contribution in [0.2, 0.25) is 5.02 Å². The van der Waals surface area contributed by atoms with E-state index in [2.05, 4.69) is 15.5 Å². The minimum absolute atomic E-state index is 0. The van der Waals surface area contributed by atoms with E-state index in [-0.39, 0.29) is 41.1 Å². The Labute approximate surface area is 159 Å². The van der Waals surface area contributed by atoms with Crippen LogP contribution >= 0.6 is 24.0 Å². The van der Waals surface area contributed by atoms with Crippen LogP contribution in [0.5, 0.6) is 0 Å². The van der Waals surface area contributed by atoms with Crippen molar-refractivity contribution in [2.45, 2.75) is 25.3 Å². The van der Waals surface area contributed by atoms with Gasteiger partial charge in [0.05, 0.1) is 5.02 Å². The number of carbonyl (C=O) groups is 1. The van der Waals surface area contributed by atoms with E-state index in [9.17, 15) is 9.18 Å². The summed E-state index contributed by atoms with van der Waals surface area (Å²) >= 11 is 5.80. The van der Waals surface area contributed by atoms with Gasteiger partial charge in [0.25, 0.3) is 0 Å². The number of likely N-dealkylation sites (tertiary alicyclic amines) is 1. The van der Waals surface area contributed by atoms with Crippen molar-refractivity contribution in [3.63, 3.8) is 0 Å². The lowest BCUT2D eigenvalue weighted by Crippen LogP contribution is -2.40. The summed E-state index contributed by atoms with van der Waals surface area (Å²) in [6.45, 7) is 3.42. The summed E-state index contributed by atoms with van der Waals surface area (Å²) in [7, 11) is 2.05. The Balaban J connectivity index is 0.00000225. The average molecular weight is 390 g/mol. The van der Waals surface area contributed by atoms with Crippen LogP contribution < -0.4 is 10.6 Å². The number of halogens is 3. The van der Waals surface area contributed by atoms with Crippen molar-refractivity contribution in [1.82, 2.24) is 15.5 Å². The van der Waals surface area contributed by atoms with Crippen LogP contribution in [0.4, 0.5) is 4.39 Å². The molecule has 2 aliphatic rings. The number of rotatable bonds is 4. The van der Waals surface area contributed by atoms with Gasteiger partial charge in [-0.15, -0.1) is 12.4 Å². The molecule has 1 amide bonds. The molecule has 2 fully saturated rings. The molecular formula is C18H26Cl2FN3O. The molecule has 2 heterocycles. The van der Waals surface area contributed by atoms with E-state index >= 15 is 0 Å². The largest absolute Gasteiger partial charge is 0.356 e. The summed E-state index contributed by atoms with van der Waals surface area (Å²) < 4.78 is 13.8. The predicted octanol–water partition coefficient (Wildman–Crippen LogP) is 3.01. The van der Waals surface area contributed by atoms with Gasteiger partial charge in [-0.2, -0.15) is 0 Å². The second kappa shape index (κ2) is 9.17. The molecule has 2 aliphatic heterocycles. The zero-order valence-electron chi connectivity index (χ0n) is 14.4. The summed E-state index contributed by atoms with van der Waals surface area (Å²) in [6, 6.07) is 5.14. The van der Waals surface area contributed by atoms with Crippen LogP contribution in [-0.4, -0.2) is 44.0 Å². The molecule has 4 nitrogen and oxygen atoms in total. The first-order valence-corrected chi connectivity index (χ1v) is 9.07. The number of hydrogen-bond acceptors (Lipinski definition) is 3. The number of carbonyl (C=O) groups excluding carboxylic acids is 1. The molecule has 2 saturated heterocycles. The fourth-order valence-electron chi connectivity index (χ4n) is 3.92. The predicted molar refractivity (Wildman–Crippen MR) is 101 cm³/mol. The second-order valence-electron chi connectivity index (χ2n) is 6.92. The molecule has 7 heteroatoms. The van der Waals surface area contributed by atoms with Gasteiger partial charge in [-0.3, -0.25) is 9.69 Å². The number of amides is 1. The lowest BCUT2D eigenvalue weighted by molar-refractivity contribution is -0.125. The van der Waals surface area contributed by atoms with Gasteiger partial charge in [-0.25, -0.2) is 4.39 Å². The molecule has 2 atom stereocenters. The molecule has 0 saturated carbocycles. The van der Waals surface area contributed by atoms with Crippen molar-refractivity contribution in [3.8, 4) is 0 Å². The van der Waals surface area contributed by atoms with Crippen molar-refractivity contribution in [1.29, 1.82) is 0 Å². The zero-order valence-corrected chi connectivity index (χ0v) is 16.0. The van der Waals surface area contributed by atoms with E-state index in [0.717, 1.165) is 44.5 Å². The van der Waals surface area contributed by atoms with Gasteiger partial charge in [0.15, 0.2) is 0 Å². The molecular weight excluding hydrogens is 364 g/mol. The average Bonchev–Trinajstić information content (AvgIpc) is 2.96. The monoisotopic (exact) mass is 389 g/mol. The first kappa shape index (κ1) is 20.4. The molecule has 0 aromatic heterocycles. The van der Waals surface area contributed by atoms with Gasteiger partial charge >= 0.3 is 0 Å². The summed E-state index contributed by atoms with van der Waals surface area (Å²) in [5, 5.41) is 6.55. The van der Waals surface area contributed by atoms with Crippen molar-refractivity contribution < 1.29 is 9.18 Å². The summed E-state index contributed by atoms with van der Waals surface area (Å²) in [5.41, 5.74) is 0.929. The van der Waals surface area contributed by atoms with E-state index < -0.39 is 0 Å². The Bertz CT molecular complexity index is 596. The molecule has 25 heavy (non-hydrogen) atoms. The molecule has 3 rings (SSSR count). The van der Waals surface area contributed by atoms with E-state index in [4.69, 9.17) is 11.6 Å². The quantitative estimate of drug-likeness (QED) is 0.831. The van der Waals surface area contributed by atoms with E-state index in [1.54, 1.807) is 6.07 Å². The van der Waals surface area contributed by atoms with Crippen LogP contribution in [0, 0.1) is 17.7 Å². The highest BCUT2D eigenvalue weighted by atomic mass is 35.5. The van der Waals surface area contributed by atoms with Crippen LogP contribution in [0.1, 0.15) is 30.9 Å². The Kier molecular flexibility index (Phi) is 7.50. The molecule has 1 aromatic carbocycles. The van der Waals surface area contributed by atoms with Crippen LogP contribution in [0.3, 0.4) is 0 Å². The normalized spacial score (nSPS) is 24.8. The third-order valence-corrected chi connectivity index (χ3v) is 5.61. The van der Waals surface area contributed by atoms with Crippen molar-refractivity contribution >= 4 is 29.9 Å². The summed E-state index contributed by atoms with van der Waals surface area (Å²) in [5.74, 6) is 0.192. The number of piperidine rings is 1. The van der Waals surface area contributed by atoms with Gasteiger partial charge in [0, 0.05) is 18.5 Å². The van der Waals surface area contributed by atoms with E-state index in [1.807, 2.05) is 13.1 Å². The van der Waals surface area contributed by atoms with Crippen LogP contribution in [0.15, 0.2) is 18.2 Å². The fourth-order valence-corrected chi connectivity index (χ4v) is 4.04. The van der Waals surface area contributed by atoms with Gasteiger partial charge in [-0.05, 0) is 69.6 Å². The highest BCUT2D eigenvalue weighted by Gasteiger charge is 2.34. The fraction of sp³-hybridized carbons (Fsp3) is 0.611. The SMILES string of the molecule is CN1CCC(CNC(=O)C2CCNCC2)C1c1ccc(Cl)c(F)c1.Cl. The number of nitrogens with one attached hydrogen (secondary N) is 2. The Morgan fingerprint density at radius 1 is 1.36 bits per heavy atom. The van der Waals surface area contributed by atoms with Crippen molar-refractivity contribution in [2.75, 3.05) is 33.2 Å². The molecule has 0 spiro atoms. The molecule has 1 aromatic rings. The van der Waals surface area contributed by atoms with Crippen molar-refractivity contribution in [2.24, 2.45) is 11.8 Å². The smallest absolute Gasteiger partial charge is 0.223 e. The maximum atomic E-state index is 13.8. The van der Waals surface area contributed by atoms with Crippen LogP contribution in [0.25, 0.3) is 0 Å². The number of hydrogen-bond donors (Lipinski definition) is 2. The highest BCUT2D eigenvalue weighted by Crippen LogP contribution is 2.36. The lowest BCUT2D eigenvalue weighted by atomic mass is 9.92. The minimum Gasteiger partial charge on any atom is -0.356 e. The lowest BCUT2D eigenvalue weighted by Gasteiger charge is -2.27. The first-order chi connectivity index (χ1) is 11.6. The first-order valence-electron chi connectivity index (χ1n) is 8.70.